The maximum atomic E-state index is 13.1. The van der Waals surface area contributed by atoms with Crippen LogP contribution >= 0.6 is 0 Å². The van der Waals surface area contributed by atoms with Crippen LogP contribution in [0.25, 0.3) is 0 Å². The highest BCUT2D eigenvalue weighted by Gasteiger charge is 2.33. The van der Waals surface area contributed by atoms with Gasteiger partial charge >= 0.3 is 6.18 Å². The van der Waals surface area contributed by atoms with Crippen molar-refractivity contribution in [2.24, 2.45) is 0 Å². The summed E-state index contributed by atoms with van der Waals surface area (Å²) in [6.07, 6.45) is -2.82. The lowest BCUT2D eigenvalue weighted by atomic mass is 10.1. The van der Waals surface area contributed by atoms with Gasteiger partial charge in [-0.1, -0.05) is 6.07 Å². The summed E-state index contributed by atoms with van der Waals surface area (Å²) in [5.41, 5.74) is 0.0986. The van der Waals surface area contributed by atoms with Crippen LogP contribution in [0, 0.1) is 6.92 Å². The Morgan fingerprint density at radius 1 is 1.24 bits per heavy atom. The van der Waals surface area contributed by atoms with E-state index in [1.807, 2.05) is 0 Å². The second-order valence-corrected chi connectivity index (χ2v) is 4.54. The third kappa shape index (κ3) is 3.72. The van der Waals surface area contributed by atoms with Crippen LogP contribution in [-0.4, -0.2) is 12.0 Å². The Labute approximate surface area is 120 Å². The number of ether oxygens (including phenoxy) is 1. The van der Waals surface area contributed by atoms with E-state index in [4.69, 9.17) is 4.74 Å². The van der Waals surface area contributed by atoms with Gasteiger partial charge in [0.05, 0.1) is 11.3 Å². The van der Waals surface area contributed by atoms with Gasteiger partial charge in [0.15, 0.2) is 0 Å². The predicted molar refractivity (Wildman–Crippen MR) is 73.3 cm³/mol. The molecule has 0 aliphatic carbocycles. The zero-order valence-electron chi connectivity index (χ0n) is 11.7. The third-order valence-electron chi connectivity index (χ3n) is 2.94. The quantitative estimate of drug-likeness (QED) is 0.928. The van der Waals surface area contributed by atoms with Gasteiger partial charge in [0.25, 0.3) is 0 Å². The van der Waals surface area contributed by atoms with Gasteiger partial charge in [0, 0.05) is 12.7 Å². The number of alkyl halides is 3. The number of halogens is 3. The number of aromatic nitrogens is 1. The van der Waals surface area contributed by atoms with Crippen molar-refractivity contribution in [2.45, 2.75) is 19.6 Å². The van der Waals surface area contributed by atoms with Crippen LogP contribution in [0.15, 0.2) is 36.5 Å². The molecule has 0 spiro atoms. The maximum absolute atomic E-state index is 13.1. The molecule has 6 heteroatoms. The molecule has 0 aliphatic heterocycles. The first kappa shape index (κ1) is 15.3. The third-order valence-corrected chi connectivity index (χ3v) is 2.94. The zero-order chi connectivity index (χ0) is 15.5. The highest BCUT2D eigenvalue weighted by molar-refractivity contribution is 5.40. The molecule has 0 unspecified atom stereocenters. The van der Waals surface area contributed by atoms with E-state index in [9.17, 15) is 13.2 Å². The van der Waals surface area contributed by atoms with Crippen LogP contribution in [0.2, 0.25) is 0 Å². The van der Waals surface area contributed by atoms with Crippen LogP contribution in [0.4, 0.5) is 13.2 Å². The standard InChI is InChI=1S/C15H15F3N2O/c1-10-14(4-3-7-20-10)21-12-6-5-11(9-19-2)13(8-12)15(16,17)18/h3-8,19H,9H2,1-2H3. The van der Waals surface area contributed by atoms with Gasteiger partial charge in [-0.15, -0.1) is 0 Å². The highest BCUT2D eigenvalue weighted by atomic mass is 19.4. The Kier molecular flexibility index (Phi) is 4.47. The van der Waals surface area contributed by atoms with Gasteiger partial charge in [-0.3, -0.25) is 4.98 Å². The average molecular weight is 296 g/mol. The summed E-state index contributed by atoms with van der Waals surface area (Å²) in [6.45, 7) is 1.87. The van der Waals surface area contributed by atoms with Crippen LogP contribution in [-0.2, 0) is 12.7 Å². The molecule has 112 valence electrons. The van der Waals surface area contributed by atoms with Gasteiger partial charge in [0.1, 0.15) is 11.5 Å². The molecule has 1 aromatic carbocycles. The first-order chi connectivity index (χ1) is 9.91. The Morgan fingerprint density at radius 2 is 2.00 bits per heavy atom. The Balaban J connectivity index is 2.36. The van der Waals surface area contributed by atoms with Crippen LogP contribution < -0.4 is 10.1 Å². The first-order valence-electron chi connectivity index (χ1n) is 6.36. The molecule has 0 amide bonds. The minimum Gasteiger partial charge on any atom is -0.455 e. The number of aryl methyl sites for hydroxylation is 1. The Hall–Kier alpha value is -2.08. The number of nitrogens with one attached hydrogen (secondary N) is 1. The number of hydrogen-bond acceptors (Lipinski definition) is 3. The van der Waals surface area contributed by atoms with Gasteiger partial charge in [-0.2, -0.15) is 13.2 Å². The first-order valence-corrected chi connectivity index (χ1v) is 6.36. The fraction of sp³-hybridized carbons (Fsp3) is 0.267. The molecule has 1 N–H and O–H groups in total. The number of nitrogens with zero attached hydrogens (tertiary/aromatic N) is 1. The summed E-state index contributed by atoms with van der Waals surface area (Å²) in [6, 6.07) is 7.29. The van der Waals surface area contributed by atoms with E-state index in [0.29, 0.717) is 11.4 Å². The van der Waals surface area contributed by atoms with E-state index in [2.05, 4.69) is 10.3 Å². The van der Waals surface area contributed by atoms with E-state index in [1.54, 1.807) is 32.3 Å². The lowest BCUT2D eigenvalue weighted by Crippen LogP contribution is -2.14. The Morgan fingerprint density at radius 3 is 2.62 bits per heavy atom. The minimum absolute atomic E-state index is 0.137. The molecule has 0 aliphatic rings. The summed E-state index contributed by atoms with van der Waals surface area (Å²) in [4.78, 5) is 4.04. The van der Waals surface area contributed by atoms with Crippen molar-refractivity contribution >= 4 is 0 Å². The summed E-state index contributed by atoms with van der Waals surface area (Å²) < 4.78 is 44.7. The van der Waals surface area contributed by atoms with Crippen molar-refractivity contribution in [3.8, 4) is 11.5 Å². The summed E-state index contributed by atoms with van der Waals surface area (Å²) in [5, 5.41) is 2.72. The fourth-order valence-electron chi connectivity index (χ4n) is 1.93. The van der Waals surface area contributed by atoms with Crippen molar-refractivity contribution in [3.05, 3.63) is 53.3 Å². The lowest BCUT2D eigenvalue weighted by Gasteiger charge is -2.15. The molecule has 1 heterocycles. The SMILES string of the molecule is CNCc1ccc(Oc2cccnc2C)cc1C(F)(F)F. The molecular weight excluding hydrogens is 281 g/mol. The van der Waals surface area contributed by atoms with E-state index < -0.39 is 11.7 Å². The van der Waals surface area contributed by atoms with Crippen molar-refractivity contribution in [2.75, 3.05) is 7.05 Å². The summed E-state index contributed by atoms with van der Waals surface area (Å²) in [7, 11) is 1.60. The highest BCUT2D eigenvalue weighted by Crippen LogP contribution is 2.35. The van der Waals surface area contributed by atoms with Gasteiger partial charge < -0.3 is 10.1 Å². The number of pyridine rings is 1. The normalized spacial score (nSPS) is 11.5. The van der Waals surface area contributed by atoms with E-state index in [1.165, 1.54) is 12.1 Å². The molecular formula is C15H15F3N2O. The van der Waals surface area contributed by atoms with Gasteiger partial charge in [-0.05, 0) is 43.8 Å². The smallest absolute Gasteiger partial charge is 0.416 e. The summed E-state index contributed by atoms with van der Waals surface area (Å²) in [5.74, 6) is 0.574. The van der Waals surface area contributed by atoms with Gasteiger partial charge in [-0.25, -0.2) is 0 Å². The topological polar surface area (TPSA) is 34.1 Å². The van der Waals surface area contributed by atoms with Crippen molar-refractivity contribution in [3.63, 3.8) is 0 Å². The molecule has 3 nitrogen and oxygen atoms in total. The molecule has 2 rings (SSSR count). The molecule has 2 aromatic rings. The molecule has 0 atom stereocenters. The lowest BCUT2D eigenvalue weighted by molar-refractivity contribution is -0.138. The molecule has 0 saturated heterocycles. The van der Waals surface area contributed by atoms with Crippen molar-refractivity contribution in [1.82, 2.24) is 10.3 Å². The Bertz CT molecular complexity index is 627. The molecule has 21 heavy (non-hydrogen) atoms. The largest absolute Gasteiger partial charge is 0.455 e. The van der Waals surface area contributed by atoms with E-state index in [0.717, 1.165) is 6.07 Å². The molecule has 0 radical (unpaired) electrons. The molecule has 0 bridgehead atoms. The number of rotatable bonds is 4. The minimum atomic E-state index is -4.42. The van der Waals surface area contributed by atoms with Gasteiger partial charge in [0.2, 0.25) is 0 Å². The second-order valence-electron chi connectivity index (χ2n) is 4.54. The fourth-order valence-corrected chi connectivity index (χ4v) is 1.93. The summed E-state index contributed by atoms with van der Waals surface area (Å²) >= 11 is 0. The van der Waals surface area contributed by atoms with Crippen LogP contribution in [0.3, 0.4) is 0 Å². The van der Waals surface area contributed by atoms with Crippen molar-refractivity contribution in [1.29, 1.82) is 0 Å². The molecule has 1 aromatic heterocycles. The van der Waals surface area contributed by atoms with Crippen LogP contribution in [0.5, 0.6) is 11.5 Å². The monoisotopic (exact) mass is 296 g/mol. The maximum Gasteiger partial charge on any atom is 0.416 e. The van der Waals surface area contributed by atoms with E-state index >= 15 is 0 Å². The average Bonchev–Trinajstić information content (AvgIpc) is 2.42. The number of hydrogen-bond donors (Lipinski definition) is 1. The van der Waals surface area contributed by atoms with E-state index in [-0.39, 0.29) is 17.9 Å². The predicted octanol–water partition coefficient (Wildman–Crippen LogP) is 3.92. The second kappa shape index (κ2) is 6.13. The van der Waals surface area contributed by atoms with Crippen molar-refractivity contribution < 1.29 is 17.9 Å². The molecule has 0 fully saturated rings. The number of benzene rings is 1. The zero-order valence-corrected chi connectivity index (χ0v) is 11.7. The molecule has 0 saturated carbocycles. The van der Waals surface area contributed by atoms with Crippen LogP contribution in [0.1, 0.15) is 16.8 Å².